The quantitative estimate of drug-likeness (QED) is 0.755. The summed E-state index contributed by atoms with van der Waals surface area (Å²) in [6.07, 6.45) is 2.39. The van der Waals surface area contributed by atoms with Crippen LogP contribution in [0.2, 0.25) is 0 Å². The molecule has 0 unspecified atom stereocenters. The van der Waals surface area contributed by atoms with Crippen LogP contribution >= 0.6 is 0 Å². The number of nitrogens with zero attached hydrogens (tertiary/aromatic N) is 2. The highest BCUT2D eigenvalue weighted by Gasteiger charge is 2.19. The van der Waals surface area contributed by atoms with E-state index in [1.54, 1.807) is 7.11 Å². The smallest absolute Gasteiger partial charge is 0.225 e. The molecule has 5 heteroatoms. The third kappa shape index (κ3) is 3.50. The van der Waals surface area contributed by atoms with Crippen molar-refractivity contribution < 1.29 is 9.53 Å². The minimum Gasteiger partial charge on any atom is -0.496 e. The Hall–Kier alpha value is -2.82. The Morgan fingerprint density at radius 2 is 2.04 bits per heavy atom. The van der Waals surface area contributed by atoms with Crippen molar-refractivity contribution >= 4 is 17.4 Å². The van der Waals surface area contributed by atoms with Crippen molar-refractivity contribution in [3.63, 3.8) is 0 Å². The fourth-order valence-electron chi connectivity index (χ4n) is 2.85. The second kappa shape index (κ2) is 6.97. The van der Waals surface area contributed by atoms with Crippen LogP contribution in [0.1, 0.15) is 25.8 Å². The normalized spacial score (nSPS) is 11.1. The van der Waals surface area contributed by atoms with Gasteiger partial charge in [-0.1, -0.05) is 26.0 Å². The molecule has 1 amide bonds. The van der Waals surface area contributed by atoms with Gasteiger partial charge in [-0.15, -0.1) is 0 Å². The molecule has 25 heavy (non-hydrogen) atoms. The maximum absolute atomic E-state index is 12.4. The molecule has 3 rings (SSSR count). The number of carbonyl (C=O) groups excluding carboxylic acids is 1. The summed E-state index contributed by atoms with van der Waals surface area (Å²) >= 11 is 0. The van der Waals surface area contributed by atoms with Crippen LogP contribution in [-0.4, -0.2) is 22.4 Å². The molecule has 0 radical (unpaired) electrons. The maximum Gasteiger partial charge on any atom is 0.225 e. The molecule has 2 heterocycles. The molecule has 1 N–H and O–H groups in total. The molecule has 130 valence electrons. The molecule has 3 aromatic rings. The Balaban J connectivity index is 2.16. The van der Waals surface area contributed by atoms with Crippen LogP contribution in [0, 0.1) is 12.8 Å². The first-order chi connectivity index (χ1) is 12.0. The molecular formula is C20H23N3O2. The van der Waals surface area contributed by atoms with Crippen LogP contribution < -0.4 is 10.1 Å². The van der Waals surface area contributed by atoms with Gasteiger partial charge in [0.05, 0.1) is 7.11 Å². The minimum atomic E-state index is -0.0199. The van der Waals surface area contributed by atoms with Crippen molar-refractivity contribution in [3.8, 4) is 17.0 Å². The number of hydrogen-bond acceptors (Lipinski definition) is 3. The van der Waals surface area contributed by atoms with Gasteiger partial charge >= 0.3 is 0 Å². The van der Waals surface area contributed by atoms with Gasteiger partial charge in [0.15, 0.2) is 0 Å². The lowest BCUT2D eigenvalue weighted by Gasteiger charge is -2.11. The number of anilines is 1. The number of ether oxygens (including phenoxy) is 1. The molecule has 2 aromatic heterocycles. The van der Waals surface area contributed by atoms with E-state index in [1.807, 2.05) is 67.8 Å². The van der Waals surface area contributed by atoms with Crippen LogP contribution in [0.3, 0.4) is 0 Å². The first-order valence-corrected chi connectivity index (χ1v) is 8.41. The lowest BCUT2D eigenvalue weighted by Crippen LogP contribution is -2.15. The first-order valence-electron chi connectivity index (χ1n) is 8.41. The fraction of sp³-hybridized carbons (Fsp3) is 0.300. The molecule has 0 bridgehead atoms. The lowest BCUT2D eigenvalue weighted by atomic mass is 10.1. The molecule has 0 fully saturated rings. The third-order valence-electron chi connectivity index (χ3n) is 4.00. The minimum absolute atomic E-state index is 0.0199. The summed E-state index contributed by atoms with van der Waals surface area (Å²) in [5.41, 5.74) is 3.47. The number of fused-ring (bicyclic) bond motifs is 1. The molecular weight excluding hydrogens is 314 g/mol. The number of rotatable bonds is 5. The van der Waals surface area contributed by atoms with Gasteiger partial charge in [-0.05, 0) is 42.7 Å². The van der Waals surface area contributed by atoms with Crippen LogP contribution in [0.4, 0.5) is 5.82 Å². The van der Waals surface area contributed by atoms with E-state index in [0.717, 1.165) is 22.5 Å². The number of methoxy groups -OCH3 is 1. The van der Waals surface area contributed by atoms with Crippen molar-refractivity contribution in [3.05, 3.63) is 48.2 Å². The molecule has 0 aliphatic rings. The van der Waals surface area contributed by atoms with Crippen LogP contribution in [-0.2, 0) is 4.79 Å². The number of hydrogen-bond donors (Lipinski definition) is 1. The number of para-hydroxylation sites is 1. The van der Waals surface area contributed by atoms with E-state index in [1.165, 1.54) is 0 Å². The monoisotopic (exact) mass is 337 g/mol. The van der Waals surface area contributed by atoms with Crippen LogP contribution in [0.5, 0.6) is 5.75 Å². The lowest BCUT2D eigenvalue weighted by molar-refractivity contribution is -0.116. The molecule has 1 aromatic carbocycles. The van der Waals surface area contributed by atoms with Gasteiger partial charge in [0.1, 0.15) is 22.9 Å². The number of nitrogens with one attached hydrogen (secondary N) is 1. The zero-order chi connectivity index (χ0) is 18.0. The van der Waals surface area contributed by atoms with E-state index in [0.29, 0.717) is 17.9 Å². The van der Waals surface area contributed by atoms with Crippen molar-refractivity contribution in [2.75, 3.05) is 12.4 Å². The van der Waals surface area contributed by atoms with Gasteiger partial charge in [-0.25, -0.2) is 4.98 Å². The number of carbonyl (C=O) groups is 1. The molecule has 0 atom stereocenters. The highest BCUT2D eigenvalue weighted by atomic mass is 16.5. The van der Waals surface area contributed by atoms with Crippen molar-refractivity contribution in [2.24, 2.45) is 5.92 Å². The molecule has 0 aliphatic heterocycles. The largest absolute Gasteiger partial charge is 0.496 e. The summed E-state index contributed by atoms with van der Waals surface area (Å²) in [7, 11) is 1.63. The fourth-order valence-corrected chi connectivity index (χ4v) is 2.85. The Kier molecular flexibility index (Phi) is 4.74. The molecule has 0 aliphatic carbocycles. The first kappa shape index (κ1) is 17.0. The topological polar surface area (TPSA) is 55.6 Å². The molecule has 0 spiro atoms. The number of pyridine rings is 1. The van der Waals surface area contributed by atoms with Gasteiger partial charge in [0.25, 0.3) is 0 Å². The van der Waals surface area contributed by atoms with Crippen molar-refractivity contribution in [1.82, 2.24) is 9.38 Å². The predicted octanol–water partition coefficient (Wildman–Crippen LogP) is 4.30. The SMILES string of the molecule is COc1ccccc1-c1nc2cc(C)ccn2c1NC(=O)CC(C)C. The molecule has 0 saturated carbocycles. The van der Waals surface area contributed by atoms with E-state index < -0.39 is 0 Å². The average molecular weight is 337 g/mol. The average Bonchev–Trinajstić information content (AvgIpc) is 2.91. The second-order valence-electron chi connectivity index (χ2n) is 6.59. The van der Waals surface area contributed by atoms with Crippen LogP contribution in [0.25, 0.3) is 16.9 Å². The van der Waals surface area contributed by atoms with E-state index in [4.69, 9.17) is 9.72 Å². The summed E-state index contributed by atoms with van der Waals surface area (Å²) in [6.45, 7) is 6.08. The summed E-state index contributed by atoms with van der Waals surface area (Å²) in [6, 6.07) is 11.7. The van der Waals surface area contributed by atoms with Gasteiger partial charge in [-0.3, -0.25) is 9.20 Å². The van der Waals surface area contributed by atoms with E-state index in [-0.39, 0.29) is 11.8 Å². The number of aromatic nitrogens is 2. The van der Waals surface area contributed by atoms with Crippen molar-refractivity contribution in [2.45, 2.75) is 27.2 Å². The van der Waals surface area contributed by atoms with Gasteiger partial charge in [0, 0.05) is 18.2 Å². The number of amides is 1. The summed E-state index contributed by atoms with van der Waals surface area (Å²) < 4.78 is 7.39. The maximum atomic E-state index is 12.4. The van der Waals surface area contributed by atoms with E-state index in [2.05, 4.69) is 5.32 Å². The van der Waals surface area contributed by atoms with E-state index in [9.17, 15) is 4.79 Å². The Labute approximate surface area is 147 Å². The predicted molar refractivity (Wildman–Crippen MR) is 100 cm³/mol. The Morgan fingerprint density at radius 1 is 1.28 bits per heavy atom. The number of imidazole rings is 1. The highest BCUT2D eigenvalue weighted by Crippen LogP contribution is 2.35. The Bertz CT molecular complexity index is 912. The zero-order valence-electron chi connectivity index (χ0n) is 15.0. The standard InChI is InChI=1S/C20H23N3O2/c1-13(2)11-18(24)22-20-19(15-7-5-6-8-16(15)25-4)21-17-12-14(3)9-10-23(17)20/h5-10,12-13H,11H2,1-4H3,(H,22,24). The summed E-state index contributed by atoms with van der Waals surface area (Å²) in [4.78, 5) is 17.1. The highest BCUT2D eigenvalue weighted by molar-refractivity contribution is 5.95. The summed E-state index contributed by atoms with van der Waals surface area (Å²) in [5.74, 6) is 1.66. The van der Waals surface area contributed by atoms with Crippen molar-refractivity contribution in [1.29, 1.82) is 0 Å². The van der Waals surface area contributed by atoms with Crippen LogP contribution in [0.15, 0.2) is 42.6 Å². The summed E-state index contributed by atoms with van der Waals surface area (Å²) in [5, 5.41) is 3.04. The van der Waals surface area contributed by atoms with Gasteiger partial charge in [0.2, 0.25) is 5.91 Å². The van der Waals surface area contributed by atoms with Gasteiger partial charge in [-0.2, -0.15) is 0 Å². The molecule has 5 nitrogen and oxygen atoms in total. The number of benzene rings is 1. The third-order valence-corrected chi connectivity index (χ3v) is 4.00. The second-order valence-corrected chi connectivity index (χ2v) is 6.59. The Morgan fingerprint density at radius 3 is 2.76 bits per heavy atom. The molecule has 0 saturated heterocycles. The van der Waals surface area contributed by atoms with E-state index >= 15 is 0 Å². The number of aryl methyl sites for hydroxylation is 1. The zero-order valence-corrected chi connectivity index (χ0v) is 15.0. The van der Waals surface area contributed by atoms with Gasteiger partial charge < -0.3 is 10.1 Å².